The molecule has 0 spiro atoms. The summed E-state index contributed by atoms with van der Waals surface area (Å²) in [6.07, 6.45) is 5.44. The van der Waals surface area contributed by atoms with Gasteiger partial charge < -0.3 is 14.8 Å². The molecule has 1 aromatic carbocycles. The molecule has 0 aromatic heterocycles. The van der Waals surface area contributed by atoms with Crippen molar-refractivity contribution in [2.45, 2.75) is 37.9 Å². The van der Waals surface area contributed by atoms with Gasteiger partial charge in [0.05, 0.1) is 6.61 Å². The van der Waals surface area contributed by atoms with Gasteiger partial charge in [-0.15, -0.1) is 0 Å². The van der Waals surface area contributed by atoms with Crippen LogP contribution in [0.5, 0.6) is 5.75 Å². The average molecular weight is 294 g/mol. The van der Waals surface area contributed by atoms with Crippen LogP contribution < -0.4 is 10.2 Å². The molecule has 110 valence electrons. The second-order valence-corrected chi connectivity index (χ2v) is 6.96. The first kappa shape index (κ1) is 15.7. The van der Waals surface area contributed by atoms with Gasteiger partial charge in [-0.3, -0.25) is 0 Å². The molecule has 0 aliphatic heterocycles. The minimum absolute atomic E-state index is 0.489. The second-order valence-electron chi connectivity index (χ2n) is 5.56. The Bertz CT molecular complexity index is 397. The number of benzene rings is 1. The van der Waals surface area contributed by atoms with Gasteiger partial charge in [-0.1, -0.05) is 31.9 Å². The molecule has 3 nitrogen and oxygen atoms in total. The van der Waals surface area contributed by atoms with Gasteiger partial charge in [0.1, 0.15) is 5.75 Å². The maximum Gasteiger partial charge on any atom is 0.488 e. The molecular weight excluding hydrogens is 271 g/mol. The highest BCUT2D eigenvalue weighted by Gasteiger charge is 2.18. The minimum Gasteiger partial charge on any atom is -0.493 e. The van der Waals surface area contributed by atoms with Crippen LogP contribution in [0.25, 0.3) is 0 Å². The molecule has 1 aliphatic carbocycles. The second kappa shape index (κ2) is 7.96. The van der Waals surface area contributed by atoms with Gasteiger partial charge in [-0.05, 0) is 36.4 Å². The summed E-state index contributed by atoms with van der Waals surface area (Å²) < 4.78 is 5.67. The summed E-state index contributed by atoms with van der Waals surface area (Å²) in [4.78, 5) is 0. The van der Waals surface area contributed by atoms with Gasteiger partial charge in [-0.25, -0.2) is 0 Å². The van der Waals surface area contributed by atoms with E-state index in [0.29, 0.717) is 12.1 Å². The van der Waals surface area contributed by atoms with Crippen LogP contribution in [0.4, 0.5) is 0 Å². The van der Waals surface area contributed by atoms with E-state index in [-0.39, 0.29) is 0 Å². The molecular formula is C15H23BO3S. The fourth-order valence-electron chi connectivity index (χ4n) is 2.64. The van der Waals surface area contributed by atoms with Gasteiger partial charge >= 0.3 is 7.12 Å². The van der Waals surface area contributed by atoms with Gasteiger partial charge in [0.2, 0.25) is 0 Å². The Morgan fingerprint density at radius 1 is 1.25 bits per heavy atom. The zero-order chi connectivity index (χ0) is 14.4. The summed E-state index contributed by atoms with van der Waals surface area (Å²) in [5, 5.41) is 18.8. The van der Waals surface area contributed by atoms with E-state index in [1.807, 2.05) is 11.8 Å². The smallest absolute Gasteiger partial charge is 0.488 e. The molecule has 0 radical (unpaired) electrons. The van der Waals surface area contributed by atoms with Crippen LogP contribution in [0.15, 0.2) is 24.3 Å². The maximum absolute atomic E-state index is 9.01. The van der Waals surface area contributed by atoms with E-state index in [1.54, 1.807) is 24.3 Å². The molecule has 20 heavy (non-hydrogen) atoms. The molecule has 2 atom stereocenters. The summed E-state index contributed by atoms with van der Waals surface area (Å²) in [5.41, 5.74) is 0.489. The lowest BCUT2D eigenvalue weighted by molar-refractivity contribution is 0.342. The van der Waals surface area contributed by atoms with Crippen molar-refractivity contribution < 1.29 is 14.8 Å². The quantitative estimate of drug-likeness (QED) is 0.623. The van der Waals surface area contributed by atoms with Gasteiger partial charge in [0.25, 0.3) is 0 Å². The zero-order valence-corrected chi connectivity index (χ0v) is 12.8. The molecule has 0 bridgehead atoms. The van der Waals surface area contributed by atoms with Crippen molar-refractivity contribution >= 4 is 24.3 Å². The highest BCUT2D eigenvalue weighted by Crippen LogP contribution is 2.31. The van der Waals surface area contributed by atoms with Crippen molar-refractivity contribution in [3.05, 3.63) is 24.3 Å². The van der Waals surface area contributed by atoms with Crippen molar-refractivity contribution in [3.8, 4) is 5.75 Å². The molecule has 1 aromatic rings. The predicted octanol–water partition coefficient (Wildman–Crippen LogP) is 2.06. The first-order valence-corrected chi connectivity index (χ1v) is 8.40. The van der Waals surface area contributed by atoms with Crippen LogP contribution in [-0.2, 0) is 0 Å². The number of thioether (sulfide) groups is 1. The molecule has 2 rings (SSSR count). The Balaban J connectivity index is 1.65. The fourth-order valence-corrected chi connectivity index (χ4v) is 3.95. The Hall–Kier alpha value is -0.645. The SMILES string of the molecule is CC1CCCC(SCCOc2ccc(B(O)O)cc2)C1. The third kappa shape index (κ3) is 5.04. The van der Waals surface area contributed by atoms with E-state index in [2.05, 4.69) is 6.92 Å². The highest BCUT2D eigenvalue weighted by molar-refractivity contribution is 7.99. The Kier molecular flexibility index (Phi) is 6.26. The predicted molar refractivity (Wildman–Crippen MR) is 85.6 cm³/mol. The van der Waals surface area contributed by atoms with E-state index in [4.69, 9.17) is 14.8 Å². The average Bonchev–Trinajstić information content (AvgIpc) is 2.44. The van der Waals surface area contributed by atoms with Crippen molar-refractivity contribution in [1.82, 2.24) is 0 Å². The summed E-state index contributed by atoms with van der Waals surface area (Å²) >= 11 is 2.02. The van der Waals surface area contributed by atoms with Gasteiger partial charge in [0, 0.05) is 11.0 Å². The van der Waals surface area contributed by atoms with Crippen LogP contribution in [-0.4, -0.2) is 34.8 Å². The van der Waals surface area contributed by atoms with Crippen LogP contribution >= 0.6 is 11.8 Å². The molecule has 1 saturated carbocycles. The Morgan fingerprint density at radius 3 is 2.65 bits per heavy atom. The van der Waals surface area contributed by atoms with E-state index in [0.717, 1.165) is 22.7 Å². The highest BCUT2D eigenvalue weighted by atomic mass is 32.2. The molecule has 0 heterocycles. The van der Waals surface area contributed by atoms with Crippen LogP contribution in [0, 0.1) is 5.92 Å². The first-order valence-electron chi connectivity index (χ1n) is 7.35. The monoisotopic (exact) mass is 294 g/mol. The largest absolute Gasteiger partial charge is 0.493 e. The number of ether oxygens (including phenoxy) is 1. The Labute approximate surface area is 125 Å². The number of hydrogen-bond donors (Lipinski definition) is 2. The number of hydrogen-bond acceptors (Lipinski definition) is 4. The summed E-state index contributed by atoms with van der Waals surface area (Å²) in [5.74, 6) is 2.67. The van der Waals surface area contributed by atoms with Gasteiger partial charge in [-0.2, -0.15) is 11.8 Å². The molecule has 2 unspecified atom stereocenters. The van der Waals surface area contributed by atoms with Crippen LogP contribution in [0.3, 0.4) is 0 Å². The van der Waals surface area contributed by atoms with Crippen molar-refractivity contribution in [1.29, 1.82) is 0 Å². The van der Waals surface area contributed by atoms with E-state index < -0.39 is 7.12 Å². The first-order chi connectivity index (χ1) is 9.65. The summed E-state index contributed by atoms with van der Waals surface area (Å²) in [7, 11) is -1.41. The van der Waals surface area contributed by atoms with E-state index >= 15 is 0 Å². The van der Waals surface area contributed by atoms with Crippen molar-refractivity contribution in [2.75, 3.05) is 12.4 Å². The standard InChI is InChI=1S/C15H23BO3S/c1-12-3-2-4-15(11-12)20-10-9-19-14-7-5-13(6-8-14)16(17)18/h5-8,12,15,17-18H,2-4,9-11H2,1H3. The minimum atomic E-state index is -1.41. The molecule has 1 aliphatic rings. The lowest BCUT2D eigenvalue weighted by atomic mass is 9.80. The summed E-state index contributed by atoms with van der Waals surface area (Å²) in [6.45, 7) is 3.05. The third-order valence-corrected chi connectivity index (χ3v) is 5.07. The maximum atomic E-state index is 9.01. The van der Waals surface area contributed by atoms with Gasteiger partial charge in [0.15, 0.2) is 0 Å². The molecule has 1 fully saturated rings. The van der Waals surface area contributed by atoms with Crippen molar-refractivity contribution in [3.63, 3.8) is 0 Å². The van der Waals surface area contributed by atoms with Crippen LogP contribution in [0.2, 0.25) is 0 Å². The third-order valence-electron chi connectivity index (χ3n) is 3.77. The normalized spacial score (nSPS) is 22.6. The Morgan fingerprint density at radius 2 is 2.00 bits per heavy atom. The molecule has 5 heteroatoms. The van der Waals surface area contributed by atoms with Crippen molar-refractivity contribution in [2.24, 2.45) is 5.92 Å². The zero-order valence-electron chi connectivity index (χ0n) is 12.0. The molecule has 0 amide bonds. The number of rotatable bonds is 6. The topological polar surface area (TPSA) is 49.7 Å². The fraction of sp³-hybridized carbons (Fsp3) is 0.600. The lowest BCUT2D eigenvalue weighted by Crippen LogP contribution is -2.29. The molecule has 2 N–H and O–H groups in total. The summed E-state index contributed by atoms with van der Waals surface area (Å²) in [6, 6.07) is 6.91. The van der Waals surface area contributed by atoms with E-state index in [1.165, 1.54) is 25.7 Å². The lowest BCUT2D eigenvalue weighted by Gasteiger charge is -2.26. The van der Waals surface area contributed by atoms with E-state index in [9.17, 15) is 0 Å². The molecule has 0 saturated heterocycles. The van der Waals surface area contributed by atoms with Crippen LogP contribution in [0.1, 0.15) is 32.6 Å².